The first-order chi connectivity index (χ1) is 5.43. The van der Waals surface area contributed by atoms with Gasteiger partial charge >= 0.3 is 6.18 Å². The van der Waals surface area contributed by atoms with Crippen LogP contribution in [0.1, 0.15) is 19.8 Å². The van der Waals surface area contributed by atoms with Crippen molar-refractivity contribution in [3.63, 3.8) is 0 Å². The summed E-state index contributed by atoms with van der Waals surface area (Å²) in [7, 11) is 0. The van der Waals surface area contributed by atoms with Crippen LogP contribution in [0.25, 0.3) is 0 Å². The van der Waals surface area contributed by atoms with Crippen molar-refractivity contribution >= 4 is 0 Å². The van der Waals surface area contributed by atoms with Gasteiger partial charge in [0.15, 0.2) is 0 Å². The fourth-order valence-corrected chi connectivity index (χ4v) is 1.23. The summed E-state index contributed by atoms with van der Waals surface area (Å²) >= 11 is 0. The standard InChI is InChI=1S/C8H8F4/c1-5-3-2-4-6(9)7(5)8(10,11)12/h3H,2,4H2,1H3. The van der Waals surface area contributed by atoms with E-state index in [1.165, 1.54) is 13.0 Å². The summed E-state index contributed by atoms with van der Waals surface area (Å²) in [6, 6.07) is 0. The average Bonchev–Trinajstić information content (AvgIpc) is 1.82. The van der Waals surface area contributed by atoms with Crippen molar-refractivity contribution < 1.29 is 17.6 Å². The maximum atomic E-state index is 12.7. The Labute approximate surface area is 67.6 Å². The minimum atomic E-state index is -4.55. The van der Waals surface area contributed by atoms with E-state index in [-0.39, 0.29) is 12.0 Å². The van der Waals surface area contributed by atoms with Gasteiger partial charge in [-0.2, -0.15) is 13.2 Å². The van der Waals surface area contributed by atoms with Gasteiger partial charge < -0.3 is 0 Å². The smallest absolute Gasteiger partial charge is 0.211 e. The van der Waals surface area contributed by atoms with Gasteiger partial charge in [0.2, 0.25) is 0 Å². The molecule has 0 atom stereocenters. The molecule has 1 aliphatic carbocycles. The highest BCUT2D eigenvalue weighted by atomic mass is 19.4. The van der Waals surface area contributed by atoms with Gasteiger partial charge in [0.1, 0.15) is 5.83 Å². The minimum Gasteiger partial charge on any atom is -0.211 e. The van der Waals surface area contributed by atoms with Crippen LogP contribution in [-0.4, -0.2) is 6.18 Å². The zero-order chi connectivity index (χ0) is 9.35. The van der Waals surface area contributed by atoms with Gasteiger partial charge in [-0.15, -0.1) is 0 Å². The lowest BCUT2D eigenvalue weighted by molar-refractivity contribution is -0.0916. The highest BCUT2D eigenvalue weighted by Gasteiger charge is 2.38. The Kier molecular flexibility index (Phi) is 2.26. The van der Waals surface area contributed by atoms with Gasteiger partial charge in [-0.05, 0) is 18.9 Å². The zero-order valence-electron chi connectivity index (χ0n) is 6.50. The van der Waals surface area contributed by atoms with Crippen LogP contribution in [0.3, 0.4) is 0 Å². The molecule has 0 spiro atoms. The Bertz CT molecular complexity index is 244. The molecule has 68 valence electrons. The molecular formula is C8H8F4. The molecule has 0 nitrogen and oxygen atoms in total. The average molecular weight is 180 g/mol. The lowest BCUT2D eigenvalue weighted by atomic mass is 9.98. The van der Waals surface area contributed by atoms with E-state index < -0.39 is 17.6 Å². The van der Waals surface area contributed by atoms with Crippen molar-refractivity contribution in [3.05, 3.63) is 23.0 Å². The van der Waals surface area contributed by atoms with E-state index in [1.54, 1.807) is 0 Å². The maximum Gasteiger partial charge on any atom is 0.419 e. The van der Waals surface area contributed by atoms with Crippen LogP contribution in [0.4, 0.5) is 17.6 Å². The topological polar surface area (TPSA) is 0 Å². The predicted molar refractivity (Wildman–Crippen MR) is 37.2 cm³/mol. The van der Waals surface area contributed by atoms with Crippen LogP contribution in [0.5, 0.6) is 0 Å². The fraction of sp³-hybridized carbons (Fsp3) is 0.500. The first-order valence-electron chi connectivity index (χ1n) is 3.56. The molecule has 12 heavy (non-hydrogen) atoms. The summed E-state index contributed by atoms with van der Waals surface area (Å²) in [5.41, 5.74) is -1.10. The zero-order valence-corrected chi connectivity index (χ0v) is 6.50. The fourth-order valence-electron chi connectivity index (χ4n) is 1.23. The summed E-state index contributed by atoms with van der Waals surface area (Å²) in [6.45, 7) is 1.28. The number of halogens is 4. The molecule has 0 N–H and O–H groups in total. The first-order valence-corrected chi connectivity index (χ1v) is 3.56. The third-order valence-electron chi connectivity index (χ3n) is 1.76. The molecule has 0 saturated heterocycles. The molecule has 0 fully saturated rings. The summed E-state index contributed by atoms with van der Waals surface area (Å²) in [5, 5.41) is 0. The van der Waals surface area contributed by atoms with Gasteiger partial charge in [0, 0.05) is 6.42 Å². The Morgan fingerprint density at radius 3 is 2.25 bits per heavy atom. The highest BCUT2D eigenvalue weighted by molar-refractivity contribution is 5.38. The summed E-state index contributed by atoms with van der Waals surface area (Å²) < 4.78 is 49.0. The second-order valence-corrected chi connectivity index (χ2v) is 2.70. The highest BCUT2D eigenvalue weighted by Crippen LogP contribution is 2.38. The number of hydrogen-bond donors (Lipinski definition) is 0. The van der Waals surface area contributed by atoms with Crippen molar-refractivity contribution in [2.24, 2.45) is 0 Å². The number of alkyl halides is 3. The molecule has 0 aromatic carbocycles. The van der Waals surface area contributed by atoms with Crippen LogP contribution >= 0.6 is 0 Å². The van der Waals surface area contributed by atoms with Crippen molar-refractivity contribution in [1.29, 1.82) is 0 Å². The van der Waals surface area contributed by atoms with E-state index in [2.05, 4.69) is 0 Å². The predicted octanol–water partition coefficient (Wildman–Crippen LogP) is 3.51. The van der Waals surface area contributed by atoms with Crippen LogP contribution in [0.2, 0.25) is 0 Å². The van der Waals surface area contributed by atoms with E-state index in [1.807, 2.05) is 0 Å². The van der Waals surface area contributed by atoms with E-state index in [9.17, 15) is 17.6 Å². The van der Waals surface area contributed by atoms with Gasteiger partial charge in [0.05, 0.1) is 5.57 Å². The largest absolute Gasteiger partial charge is 0.419 e. The maximum absolute atomic E-state index is 12.7. The van der Waals surface area contributed by atoms with Crippen molar-refractivity contribution in [2.75, 3.05) is 0 Å². The summed E-state index contributed by atoms with van der Waals surface area (Å²) in [4.78, 5) is 0. The summed E-state index contributed by atoms with van der Waals surface area (Å²) in [6.07, 6.45) is -2.92. The Hall–Kier alpha value is -0.800. The summed E-state index contributed by atoms with van der Waals surface area (Å²) in [5.74, 6) is -1.04. The Morgan fingerprint density at radius 2 is 1.92 bits per heavy atom. The molecule has 0 radical (unpaired) electrons. The first kappa shape index (κ1) is 9.29. The molecule has 4 heteroatoms. The van der Waals surface area contributed by atoms with E-state index in [4.69, 9.17) is 0 Å². The molecule has 0 bridgehead atoms. The van der Waals surface area contributed by atoms with Crippen LogP contribution in [-0.2, 0) is 0 Å². The second-order valence-electron chi connectivity index (χ2n) is 2.70. The van der Waals surface area contributed by atoms with Crippen LogP contribution in [0, 0.1) is 0 Å². The molecule has 1 aliphatic rings. The normalized spacial score (nSPS) is 19.6. The van der Waals surface area contributed by atoms with Crippen LogP contribution in [0.15, 0.2) is 23.0 Å². The number of allylic oxidation sites excluding steroid dienone is 4. The van der Waals surface area contributed by atoms with Crippen LogP contribution < -0.4 is 0 Å². The lowest BCUT2D eigenvalue weighted by Gasteiger charge is -2.17. The molecule has 0 saturated carbocycles. The van der Waals surface area contributed by atoms with E-state index in [0.29, 0.717) is 6.42 Å². The molecule has 0 heterocycles. The van der Waals surface area contributed by atoms with Gasteiger partial charge in [-0.25, -0.2) is 4.39 Å². The molecule has 0 aliphatic heterocycles. The molecule has 0 amide bonds. The SMILES string of the molecule is CC1=CCCC(F)=C1C(F)(F)F. The van der Waals surface area contributed by atoms with E-state index >= 15 is 0 Å². The third-order valence-corrected chi connectivity index (χ3v) is 1.76. The molecule has 0 aromatic heterocycles. The number of rotatable bonds is 0. The van der Waals surface area contributed by atoms with Crippen molar-refractivity contribution in [3.8, 4) is 0 Å². The number of hydrogen-bond acceptors (Lipinski definition) is 0. The Morgan fingerprint density at radius 1 is 1.33 bits per heavy atom. The monoisotopic (exact) mass is 180 g/mol. The van der Waals surface area contributed by atoms with Gasteiger partial charge in [-0.3, -0.25) is 0 Å². The second kappa shape index (κ2) is 2.92. The third kappa shape index (κ3) is 1.68. The molecule has 0 unspecified atom stereocenters. The minimum absolute atomic E-state index is 0.00810. The van der Waals surface area contributed by atoms with Gasteiger partial charge in [0.25, 0.3) is 0 Å². The molecule has 0 aromatic rings. The molecule has 1 rings (SSSR count). The van der Waals surface area contributed by atoms with Crippen molar-refractivity contribution in [1.82, 2.24) is 0 Å². The Balaban J connectivity index is 3.07. The lowest BCUT2D eigenvalue weighted by Crippen LogP contribution is -2.16. The molecular weight excluding hydrogens is 172 g/mol. The van der Waals surface area contributed by atoms with Gasteiger partial charge in [-0.1, -0.05) is 6.08 Å². The van der Waals surface area contributed by atoms with E-state index in [0.717, 1.165) is 0 Å². The quantitative estimate of drug-likeness (QED) is 0.500. The van der Waals surface area contributed by atoms with Crippen molar-refractivity contribution in [2.45, 2.75) is 25.9 Å².